The first-order chi connectivity index (χ1) is 18.7. The van der Waals surface area contributed by atoms with E-state index in [1.54, 1.807) is 30.3 Å². The van der Waals surface area contributed by atoms with Crippen LogP contribution >= 0.6 is 0 Å². The third kappa shape index (κ3) is 7.93. The number of nitrogens with one attached hydrogen (secondary N) is 1. The first kappa shape index (κ1) is 29.9. The van der Waals surface area contributed by atoms with E-state index in [-0.39, 0.29) is 23.3 Å². The molecule has 0 saturated heterocycles. The summed E-state index contributed by atoms with van der Waals surface area (Å²) in [7, 11) is -4.06. The Morgan fingerprint density at radius 2 is 1.41 bits per heavy atom. The molecular formula is C31H39N3O4S. The zero-order valence-corrected chi connectivity index (χ0v) is 24.0. The molecule has 0 fully saturated rings. The Morgan fingerprint density at radius 3 is 1.95 bits per heavy atom. The van der Waals surface area contributed by atoms with Crippen molar-refractivity contribution < 1.29 is 18.0 Å². The summed E-state index contributed by atoms with van der Waals surface area (Å²) in [6.45, 7) is 8.11. The van der Waals surface area contributed by atoms with E-state index in [0.717, 1.165) is 21.9 Å². The Bertz CT molecular complexity index is 1310. The molecular weight excluding hydrogens is 510 g/mol. The van der Waals surface area contributed by atoms with E-state index in [0.29, 0.717) is 18.7 Å². The molecule has 0 aliphatic rings. The van der Waals surface area contributed by atoms with E-state index in [2.05, 4.69) is 5.32 Å². The smallest absolute Gasteiger partial charge is 0.264 e. The number of aryl methyl sites for hydroxylation is 1. The third-order valence-corrected chi connectivity index (χ3v) is 8.30. The van der Waals surface area contributed by atoms with Gasteiger partial charge in [-0.15, -0.1) is 0 Å². The number of hydrogen-bond acceptors (Lipinski definition) is 4. The minimum atomic E-state index is -4.06. The van der Waals surface area contributed by atoms with Crippen molar-refractivity contribution in [1.29, 1.82) is 0 Å². The van der Waals surface area contributed by atoms with Crippen molar-refractivity contribution in [3.05, 3.63) is 96.1 Å². The molecule has 3 aromatic carbocycles. The summed E-state index contributed by atoms with van der Waals surface area (Å²) in [5.41, 5.74) is 2.30. The standard InChI is InChI=1S/C31H39N3O4S/c1-5-25-17-19-27(20-18-25)34(39(37,38)28-15-11-8-12-16-28)23-30(35)33(22-26-13-9-7-10-14-26)29(6-2)31(36)32-21-24(3)4/h7-20,24,29H,5-6,21-23H2,1-4H3,(H,32,36)/t29-/m1/s1. The van der Waals surface area contributed by atoms with Crippen molar-refractivity contribution in [2.24, 2.45) is 5.92 Å². The van der Waals surface area contributed by atoms with Crippen LogP contribution in [0.4, 0.5) is 5.69 Å². The maximum absolute atomic E-state index is 14.0. The van der Waals surface area contributed by atoms with E-state index in [4.69, 9.17) is 0 Å². The Hall–Kier alpha value is -3.65. The second-order valence-corrected chi connectivity index (χ2v) is 11.8. The van der Waals surface area contributed by atoms with Crippen molar-refractivity contribution in [2.75, 3.05) is 17.4 Å². The normalized spacial score (nSPS) is 12.1. The van der Waals surface area contributed by atoms with Gasteiger partial charge >= 0.3 is 0 Å². The number of anilines is 1. The second kappa shape index (κ2) is 13.9. The fourth-order valence-electron chi connectivity index (χ4n) is 4.27. The number of rotatable bonds is 13. The third-order valence-electron chi connectivity index (χ3n) is 6.51. The summed E-state index contributed by atoms with van der Waals surface area (Å²) in [5.74, 6) is -0.452. The van der Waals surface area contributed by atoms with Crippen LogP contribution < -0.4 is 9.62 Å². The van der Waals surface area contributed by atoms with Gasteiger partial charge in [0.25, 0.3) is 10.0 Å². The molecule has 0 unspecified atom stereocenters. The van der Waals surface area contributed by atoms with E-state index in [1.165, 1.54) is 17.0 Å². The minimum Gasteiger partial charge on any atom is -0.354 e. The molecule has 3 aromatic rings. The highest BCUT2D eigenvalue weighted by molar-refractivity contribution is 7.92. The summed E-state index contributed by atoms with van der Waals surface area (Å²) in [4.78, 5) is 28.8. The molecule has 208 valence electrons. The van der Waals surface area contributed by atoms with Gasteiger partial charge in [0.05, 0.1) is 10.6 Å². The minimum absolute atomic E-state index is 0.0914. The quantitative estimate of drug-likeness (QED) is 0.324. The molecule has 8 heteroatoms. The molecule has 1 N–H and O–H groups in total. The van der Waals surface area contributed by atoms with Crippen LogP contribution in [0.1, 0.15) is 45.2 Å². The van der Waals surface area contributed by atoms with E-state index < -0.39 is 28.5 Å². The molecule has 0 saturated carbocycles. The summed E-state index contributed by atoms with van der Waals surface area (Å²) in [5, 5.41) is 2.94. The highest BCUT2D eigenvalue weighted by atomic mass is 32.2. The lowest BCUT2D eigenvalue weighted by atomic mass is 10.1. The van der Waals surface area contributed by atoms with Crippen LogP contribution in [0.5, 0.6) is 0 Å². The summed E-state index contributed by atoms with van der Waals surface area (Å²) >= 11 is 0. The first-order valence-electron chi connectivity index (χ1n) is 13.4. The van der Waals surface area contributed by atoms with Crippen LogP contribution in [-0.2, 0) is 32.6 Å². The van der Waals surface area contributed by atoms with Gasteiger partial charge in [-0.1, -0.05) is 88.4 Å². The zero-order chi connectivity index (χ0) is 28.4. The topological polar surface area (TPSA) is 86.8 Å². The van der Waals surface area contributed by atoms with Crippen molar-refractivity contribution in [3.8, 4) is 0 Å². The summed E-state index contributed by atoms with van der Waals surface area (Å²) in [6.07, 6.45) is 1.19. The summed E-state index contributed by atoms with van der Waals surface area (Å²) in [6, 6.07) is 23.9. The van der Waals surface area contributed by atoms with E-state index >= 15 is 0 Å². The maximum atomic E-state index is 14.0. The SMILES string of the molecule is CCc1ccc(N(CC(=O)N(Cc2ccccc2)[C@H](CC)C(=O)NCC(C)C)S(=O)(=O)c2ccccc2)cc1. The van der Waals surface area contributed by atoms with Crippen LogP contribution in [0.3, 0.4) is 0 Å². The number of sulfonamides is 1. The average Bonchev–Trinajstić information content (AvgIpc) is 2.95. The predicted molar refractivity (Wildman–Crippen MR) is 156 cm³/mol. The van der Waals surface area contributed by atoms with Crippen LogP contribution in [-0.4, -0.2) is 44.3 Å². The number of amides is 2. The molecule has 2 amide bonds. The Balaban J connectivity index is 2.02. The van der Waals surface area contributed by atoms with E-state index in [9.17, 15) is 18.0 Å². The van der Waals surface area contributed by atoms with Gasteiger partial charge < -0.3 is 10.2 Å². The predicted octanol–water partition coefficient (Wildman–Crippen LogP) is 5.02. The number of carbonyl (C=O) groups excluding carboxylic acids is 2. The van der Waals surface area contributed by atoms with Gasteiger partial charge in [0.1, 0.15) is 12.6 Å². The fraction of sp³-hybridized carbons (Fsp3) is 0.355. The van der Waals surface area contributed by atoms with Crippen LogP contribution in [0.15, 0.2) is 89.8 Å². The maximum Gasteiger partial charge on any atom is 0.264 e. The van der Waals surface area contributed by atoms with Gasteiger partial charge in [0.2, 0.25) is 11.8 Å². The molecule has 0 radical (unpaired) electrons. The largest absolute Gasteiger partial charge is 0.354 e. The first-order valence-corrected chi connectivity index (χ1v) is 14.9. The number of nitrogens with zero attached hydrogens (tertiary/aromatic N) is 2. The van der Waals surface area contributed by atoms with Crippen LogP contribution in [0, 0.1) is 5.92 Å². The molecule has 0 heterocycles. The molecule has 39 heavy (non-hydrogen) atoms. The molecule has 0 aromatic heterocycles. The van der Waals surface area contributed by atoms with Crippen molar-refractivity contribution >= 4 is 27.5 Å². The Labute approximate surface area is 232 Å². The lowest BCUT2D eigenvalue weighted by Crippen LogP contribution is -2.52. The van der Waals surface area contributed by atoms with Gasteiger partial charge in [-0.3, -0.25) is 13.9 Å². The van der Waals surface area contributed by atoms with Gasteiger partial charge in [-0.05, 0) is 54.2 Å². The molecule has 7 nitrogen and oxygen atoms in total. The molecule has 3 rings (SSSR count). The lowest BCUT2D eigenvalue weighted by Gasteiger charge is -2.33. The molecule has 0 aliphatic heterocycles. The Kier molecular flexibility index (Phi) is 10.7. The van der Waals surface area contributed by atoms with E-state index in [1.807, 2.05) is 70.2 Å². The van der Waals surface area contributed by atoms with Gasteiger partial charge in [0.15, 0.2) is 0 Å². The Morgan fingerprint density at radius 1 is 0.821 bits per heavy atom. The van der Waals surface area contributed by atoms with Crippen molar-refractivity contribution in [1.82, 2.24) is 10.2 Å². The monoisotopic (exact) mass is 549 g/mol. The average molecular weight is 550 g/mol. The number of carbonyl (C=O) groups is 2. The molecule has 0 spiro atoms. The highest BCUT2D eigenvalue weighted by Gasteiger charge is 2.33. The van der Waals surface area contributed by atoms with Crippen molar-refractivity contribution in [3.63, 3.8) is 0 Å². The lowest BCUT2D eigenvalue weighted by molar-refractivity contribution is -0.140. The number of hydrogen-bond donors (Lipinski definition) is 1. The summed E-state index contributed by atoms with van der Waals surface area (Å²) < 4.78 is 28.8. The van der Waals surface area contributed by atoms with Gasteiger partial charge in [-0.2, -0.15) is 0 Å². The molecule has 0 bridgehead atoms. The fourth-order valence-corrected chi connectivity index (χ4v) is 5.70. The van der Waals surface area contributed by atoms with Crippen LogP contribution in [0.25, 0.3) is 0 Å². The molecule has 0 aliphatic carbocycles. The zero-order valence-electron chi connectivity index (χ0n) is 23.2. The second-order valence-electron chi connectivity index (χ2n) is 9.92. The molecule has 1 atom stereocenters. The van der Waals surface area contributed by atoms with Crippen LogP contribution in [0.2, 0.25) is 0 Å². The highest BCUT2D eigenvalue weighted by Crippen LogP contribution is 2.25. The van der Waals surface area contributed by atoms with Gasteiger partial charge in [0, 0.05) is 13.1 Å². The number of benzene rings is 3. The van der Waals surface area contributed by atoms with Gasteiger partial charge in [-0.25, -0.2) is 8.42 Å². The van der Waals surface area contributed by atoms with Crippen molar-refractivity contribution in [2.45, 2.75) is 58.0 Å².